The third-order valence-electron chi connectivity index (χ3n) is 3.43. The summed E-state index contributed by atoms with van der Waals surface area (Å²) in [6, 6.07) is 11.8. The average Bonchev–Trinajstić information content (AvgIpc) is 2.55. The fraction of sp³-hybridized carbons (Fsp3) is 0.176. The minimum atomic E-state index is -3.96. The first-order valence-corrected chi connectivity index (χ1v) is 8.88. The van der Waals surface area contributed by atoms with Crippen molar-refractivity contribution in [3.05, 3.63) is 65.2 Å². The lowest BCUT2D eigenvalue weighted by atomic mass is 10.1. The molecule has 0 aromatic heterocycles. The minimum absolute atomic E-state index is 0.0180. The number of hydrogen-bond acceptors (Lipinski definition) is 4. The lowest BCUT2D eigenvalue weighted by molar-refractivity contribution is 0.0975. The molecule has 2 amide bonds. The van der Waals surface area contributed by atoms with Gasteiger partial charge in [0.2, 0.25) is 5.91 Å². The number of carbonyl (C=O) groups excluding carboxylic acids is 2. The Hall–Kier alpha value is -2.67. The van der Waals surface area contributed by atoms with Crippen LogP contribution < -0.4 is 10.5 Å². The first-order chi connectivity index (χ1) is 11.3. The van der Waals surface area contributed by atoms with Gasteiger partial charge in [-0.05, 0) is 48.4 Å². The van der Waals surface area contributed by atoms with Crippen LogP contribution in [0.25, 0.3) is 0 Å². The molecule has 0 atom stereocenters. The number of rotatable bonds is 6. The number of amides is 2. The molecule has 6 nitrogen and oxygen atoms in total. The second-order valence-electron chi connectivity index (χ2n) is 5.27. The molecule has 2 rings (SSSR count). The number of primary amides is 1. The van der Waals surface area contributed by atoms with Crippen molar-refractivity contribution in [2.45, 2.75) is 24.7 Å². The molecule has 0 aliphatic heterocycles. The Morgan fingerprint density at radius 2 is 1.50 bits per heavy atom. The molecule has 0 radical (unpaired) electrons. The summed E-state index contributed by atoms with van der Waals surface area (Å²) in [5, 5.41) is 0. The molecule has 24 heavy (non-hydrogen) atoms. The highest BCUT2D eigenvalue weighted by Crippen LogP contribution is 2.13. The van der Waals surface area contributed by atoms with Crippen LogP contribution in [0.15, 0.2) is 53.4 Å². The molecule has 0 saturated carbocycles. The average molecular weight is 346 g/mol. The summed E-state index contributed by atoms with van der Waals surface area (Å²) in [5.74, 6) is -1.40. The zero-order valence-electron chi connectivity index (χ0n) is 13.2. The highest BCUT2D eigenvalue weighted by atomic mass is 32.2. The van der Waals surface area contributed by atoms with Gasteiger partial charge < -0.3 is 5.73 Å². The van der Waals surface area contributed by atoms with Gasteiger partial charge in [0, 0.05) is 11.1 Å². The Morgan fingerprint density at radius 1 is 0.958 bits per heavy atom. The Morgan fingerprint density at radius 3 is 2.00 bits per heavy atom. The first-order valence-electron chi connectivity index (χ1n) is 7.39. The van der Waals surface area contributed by atoms with Crippen LogP contribution in [0.2, 0.25) is 0 Å². The summed E-state index contributed by atoms with van der Waals surface area (Å²) in [5.41, 5.74) is 6.50. The Kier molecular flexibility index (Phi) is 5.35. The molecule has 0 aliphatic carbocycles. The second kappa shape index (κ2) is 7.27. The smallest absolute Gasteiger partial charge is 0.264 e. The van der Waals surface area contributed by atoms with Gasteiger partial charge in [-0.1, -0.05) is 25.5 Å². The molecule has 3 N–H and O–H groups in total. The number of nitrogens with one attached hydrogen (secondary N) is 1. The Balaban J connectivity index is 2.15. The normalized spacial score (nSPS) is 11.0. The van der Waals surface area contributed by atoms with Crippen LogP contribution in [0, 0.1) is 0 Å². The molecule has 0 bridgehead atoms. The molecule has 0 heterocycles. The van der Waals surface area contributed by atoms with E-state index < -0.39 is 21.8 Å². The van der Waals surface area contributed by atoms with E-state index >= 15 is 0 Å². The molecule has 0 fully saturated rings. The van der Waals surface area contributed by atoms with Gasteiger partial charge in [-0.15, -0.1) is 0 Å². The van der Waals surface area contributed by atoms with E-state index in [0.29, 0.717) is 0 Å². The first kappa shape index (κ1) is 17.7. The summed E-state index contributed by atoms with van der Waals surface area (Å²) in [6.07, 6.45) is 1.82. The van der Waals surface area contributed by atoms with Crippen LogP contribution >= 0.6 is 0 Å². The van der Waals surface area contributed by atoms with Gasteiger partial charge in [0.1, 0.15) is 0 Å². The van der Waals surface area contributed by atoms with Crippen LogP contribution in [-0.2, 0) is 16.4 Å². The van der Waals surface area contributed by atoms with Crippen molar-refractivity contribution in [3.8, 4) is 0 Å². The van der Waals surface area contributed by atoms with E-state index in [1.807, 2.05) is 11.6 Å². The zero-order valence-corrected chi connectivity index (χ0v) is 14.0. The molecular weight excluding hydrogens is 328 g/mol. The minimum Gasteiger partial charge on any atom is -0.366 e. The van der Waals surface area contributed by atoms with Crippen LogP contribution in [0.3, 0.4) is 0 Å². The van der Waals surface area contributed by atoms with Crippen molar-refractivity contribution in [3.63, 3.8) is 0 Å². The molecule has 0 spiro atoms. The highest BCUT2D eigenvalue weighted by molar-refractivity contribution is 7.90. The van der Waals surface area contributed by atoms with E-state index in [4.69, 9.17) is 5.73 Å². The molecule has 126 valence electrons. The quantitative estimate of drug-likeness (QED) is 0.832. The predicted octanol–water partition coefficient (Wildman–Crippen LogP) is 1.86. The standard InChI is InChI=1S/C17H18N2O4S/c1-2-3-12-4-10-15(11-5-12)24(22,23)19-17(21)14-8-6-13(7-9-14)16(18)20/h4-11H,2-3H2,1H3,(H2,18,20)(H,19,21). The van der Waals surface area contributed by atoms with E-state index in [0.717, 1.165) is 18.4 Å². The van der Waals surface area contributed by atoms with Crippen molar-refractivity contribution in [1.82, 2.24) is 4.72 Å². The third kappa shape index (κ3) is 4.20. The van der Waals surface area contributed by atoms with Crippen LogP contribution in [0.4, 0.5) is 0 Å². The fourth-order valence-electron chi connectivity index (χ4n) is 2.15. The summed E-state index contributed by atoms with van der Waals surface area (Å²) in [6.45, 7) is 2.04. The second-order valence-corrected chi connectivity index (χ2v) is 6.95. The molecule has 2 aromatic carbocycles. The van der Waals surface area contributed by atoms with Crippen LogP contribution in [0.1, 0.15) is 39.6 Å². The lowest BCUT2D eigenvalue weighted by Gasteiger charge is -2.08. The van der Waals surface area contributed by atoms with Crippen molar-refractivity contribution in [2.75, 3.05) is 0 Å². The van der Waals surface area contributed by atoms with Crippen LogP contribution in [-0.4, -0.2) is 20.2 Å². The van der Waals surface area contributed by atoms with E-state index in [1.165, 1.54) is 36.4 Å². The van der Waals surface area contributed by atoms with Gasteiger partial charge in [0.25, 0.3) is 15.9 Å². The Bertz CT molecular complexity index is 841. The van der Waals surface area contributed by atoms with Gasteiger partial charge >= 0.3 is 0 Å². The largest absolute Gasteiger partial charge is 0.366 e. The zero-order chi connectivity index (χ0) is 17.7. The van der Waals surface area contributed by atoms with Crippen LogP contribution in [0.5, 0.6) is 0 Å². The number of nitrogens with two attached hydrogens (primary N) is 1. The van der Waals surface area contributed by atoms with E-state index in [9.17, 15) is 18.0 Å². The van der Waals surface area contributed by atoms with E-state index in [2.05, 4.69) is 0 Å². The van der Waals surface area contributed by atoms with Crippen molar-refractivity contribution >= 4 is 21.8 Å². The highest BCUT2D eigenvalue weighted by Gasteiger charge is 2.18. The maximum atomic E-state index is 12.3. The van der Waals surface area contributed by atoms with E-state index in [-0.39, 0.29) is 16.0 Å². The maximum Gasteiger partial charge on any atom is 0.264 e. The van der Waals surface area contributed by atoms with Gasteiger partial charge in [0.15, 0.2) is 0 Å². The number of benzene rings is 2. The SMILES string of the molecule is CCCc1ccc(S(=O)(=O)NC(=O)c2ccc(C(N)=O)cc2)cc1. The lowest BCUT2D eigenvalue weighted by Crippen LogP contribution is -2.30. The van der Waals surface area contributed by atoms with Gasteiger partial charge in [-0.3, -0.25) is 9.59 Å². The topological polar surface area (TPSA) is 106 Å². The molecule has 0 saturated heterocycles. The number of aryl methyl sites for hydroxylation is 1. The van der Waals surface area contributed by atoms with Gasteiger partial charge in [0.05, 0.1) is 4.90 Å². The molecule has 7 heteroatoms. The predicted molar refractivity (Wildman–Crippen MR) is 90.0 cm³/mol. The summed E-state index contributed by atoms with van der Waals surface area (Å²) in [4.78, 5) is 23.1. The summed E-state index contributed by atoms with van der Waals surface area (Å²) >= 11 is 0. The summed E-state index contributed by atoms with van der Waals surface area (Å²) < 4.78 is 26.5. The number of hydrogen-bond donors (Lipinski definition) is 2. The van der Waals surface area contributed by atoms with Gasteiger partial charge in [-0.25, -0.2) is 13.1 Å². The van der Waals surface area contributed by atoms with E-state index in [1.54, 1.807) is 12.1 Å². The fourth-order valence-corrected chi connectivity index (χ4v) is 3.12. The third-order valence-corrected chi connectivity index (χ3v) is 4.78. The summed E-state index contributed by atoms with van der Waals surface area (Å²) in [7, 11) is -3.96. The maximum absolute atomic E-state index is 12.3. The monoisotopic (exact) mass is 346 g/mol. The molecule has 0 unspecified atom stereocenters. The number of sulfonamides is 1. The van der Waals surface area contributed by atoms with Crippen molar-refractivity contribution in [2.24, 2.45) is 5.73 Å². The molecule has 0 aliphatic rings. The van der Waals surface area contributed by atoms with Crippen molar-refractivity contribution in [1.29, 1.82) is 0 Å². The van der Waals surface area contributed by atoms with Crippen molar-refractivity contribution < 1.29 is 18.0 Å². The molecular formula is C17H18N2O4S. The Labute approximate surface area is 140 Å². The van der Waals surface area contributed by atoms with Gasteiger partial charge in [-0.2, -0.15) is 0 Å². The molecule has 2 aromatic rings. The number of carbonyl (C=O) groups is 2.